The Hall–Kier alpha value is -1.59. The average Bonchev–Trinajstić information content (AvgIpc) is 3.15. The third kappa shape index (κ3) is 41.6. The van der Waals surface area contributed by atoms with Crippen molar-refractivity contribution < 1.29 is 28.6 Å². The first-order valence-electron chi connectivity index (χ1n) is 23.9. The monoisotopic (exact) mass is 765 g/mol. The van der Waals surface area contributed by atoms with Crippen molar-refractivity contribution >= 4 is 17.9 Å². The summed E-state index contributed by atoms with van der Waals surface area (Å²) in [5, 5.41) is 0. The van der Waals surface area contributed by atoms with Crippen molar-refractivity contribution in [1.82, 2.24) is 0 Å². The average molecular weight is 765 g/mol. The Balaban J connectivity index is 4.31. The van der Waals surface area contributed by atoms with Gasteiger partial charge in [-0.3, -0.25) is 14.4 Å². The van der Waals surface area contributed by atoms with Crippen LogP contribution in [0.5, 0.6) is 0 Å². The largest absolute Gasteiger partial charge is 0.462 e. The van der Waals surface area contributed by atoms with Crippen LogP contribution in [0.4, 0.5) is 0 Å². The summed E-state index contributed by atoms with van der Waals surface area (Å²) in [5.74, 6) is -0.0567. The van der Waals surface area contributed by atoms with Gasteiger partial charge in [0.25, 0.3) is 0 Å². The fraction of sp³-hybridized carbons (Fsp3) is 0.938. The van der Waals surface area contributed by atoms with E-state index in [0.29, 0.717) is 19.3 Å². The fourth-order valence-electron chi connectivity index (χ4n) is 7.16. The van der Waals surface area contributed by atoms with Gasteiger partial charge in [0, 0.05) is 19.3 Å². The van der Waals surface area contributed by atoms with Crippen LogP contribution < -0.4 is 0 Å². The lowest BCUT2D eigenvalue weighted by molar-refractivity contribution is -0.167. The van der Waals surface area contributed by atoms with Crippen LogP contribution in [-0.4, -0.2) is 37.2 Å². The van der Waals surface area contributed by atoms with Gasteiger partial charge < -0.3 is 14.2 Å². The van der Waals surface area contributed by atoms with E-state index in [1.807, 2.05) is 0 Å². The SMILES string of the molecule is CCCCCCCCCCCCCCCCCC(=O)O[C@H](COC(=O)CCCCCCCCCCCC)COC(=O)CCCCCCCCCCC(C)C. The minimum atomic E-state index is -0.759. The molecule has 0 spiro atoms. The molecule has 0 aromatic carbocycles. The summed E-state index contributed by atoms with van der Waals surface area (Å²) >= 11 is 0. The van der Waals surface area contributed by atoms with Crippen molar-refractivity contribution in [3.05, 3.63) is 0 Å². The molecule has 6 nitrogen and oxygen atoms in total. The van der Waals surface area contributed by atoms with Gasteiger partial charge in [-0.25, -0.2) is 0 Å². The topological polar surface area (TPSA) is 78.9 Å². The Labute approximate surface area is 336 Å². The molecule has 320 valence electrons. The predicted octanol–water partition coefficient (Wildman–Crippen LogP) is 15.1. The fourth-order valence-corrected chi connectivity index (χ4v) is 7.16. The molecule has 6 heteroatoms. The van der Waals surface area contributed by atoms with Crippen LogP contribution in [0.15, 0.2) is 0 Å². The van der Waals surface area contributed by atoms with Gasteiger partial charge in [-0.2, -0.15) is 0 Å². The molecule has 0 N–H and O–H groups in total. The van der Waals surface area contributed by atoms with E-state index in [-0.39, 0.29) is 31.1 Å². The third-order valence-corrected chi connectivity index (χ3v) is 10.8. The van der Waals surface area contributed by atoms with Gasteiger partial charge in [-0.15, -0.1) is 0 Å². The number of carbonyl (C=O) groups excluding carboxylic acids is 3. The van der Waals surface area contributed by atoms with E-state index in [0.717, 1.165) is 63.7 Å². The molecule has 54 heavy (non-hydrogen) atoms. The molecule has 0 heterocycles. The normalized spacial score (nSPS) is 11.9. The zero-order chi connectivity index (χ0) is 39.6. The summed E-state index contributed by atoms with van der Waals surface area (Å²) < 4.78 is 16.7. The molecule has 0 unspecified atom stereocenters. The van der Waals surface area contributed by atoms with Gasteiger partial charge in [0.05, 0.1) is 0 Å². The maximum Gasteiger partial charge on any atom is 0.306 e. The first-order valence-corrected chi connectivity index (χ1v) is 23.9. The van der Waals surface area contributed by atoms with Crippen molar-refractivity contribution in [3.8, 4) is 0 Å². The third-order valence-electron chi connectivity index (χ3n) is 10.8. The van der Waals surface area contributed by atoms with Gasteiger partial charge >= 0.3 is 17.9 Å². The van der Waals surface area contributed by atoms with Gasteiger partial charge in [0.1, 0.15) is 13.2 Å². The Bertz CT molecular complexity index is 811. The molecule has 0 aromatic heterocycles. The number of hydrogen-bond donors (Lipinski definition) is 0. The molecule has 0 aliphatic rings. The second kappa shape index (κ2) is 42.6. The second-order valence-electron chi connectivity index (χ2n) is 16.9. The molecule has 0 amide bonds. The molecule has 0 fully saturated rings. The van der Waals surface area contributed by atoms with Crippen LogP contribution in [0.25, 0.3) is 0 Å². The summed E-state index contributed by atoms with van der Waals surface area (Å²) in [6.45, 7) is 8.96. The molecular weight excluding hydrogens is 673 g/mol. The molecule has 0 radical (unpaired) electrons. The number of hydrogen-bond acceptors (Lipinski definition) is 6. The Kier molecular flexibility index (Phi) is 41.3. The van der Waals surface area contributed by atoms with E-state index in [2.05, 4.69) is 27.7 Å². The van der Waals surface area contributed by atoms with Crippen molar-refractivity contribution in [2.75, 3.05) is 13.2 Å². The number of rotatable bonds is 43. The van der Waals surface area contributed by atoms with Gasteiger partial charge in [-0.05, 0) is 25.2 Å². The van der Waals surface area contributed by atoms with E-state index in [1.165, 1.54) is 161 Å². The molecule has 0 aliphatic carbocycles. The lowest BCUT2D eigenvalue weighted by Gasteiger charge is -2.18. The molecule has 0 saturated carbocycles. The van der Waals surface area contributed by atoms with Crippen LogP contribution in [0.1, 0.15) is 265 Å². The van der Waals surface area contributed by atoms with Crippen molar-refractivity contribution in [1.29, 1.82) is 0 Å². The number of esters is 3. The van der Waals surface area contributed by atoms with Crippen LogP contribution >= 0.6 is 0 Å². The van der Waals surface area contributed by atoms with E-state index >= 15 is 0 Å². The lowest BCUT2D eigenvalue weighted by Crippen LogP contribution is -2.30. The molecule has 0 bridgehead atoms. The highest BCUT2D eigenvalue weighted by molar-refractivity contribution is 5.71. The maximum absolute atomic E-state index is 12.7. The zero-order valence-electron chi connectivity index (χ0n) is 36.7. The van der Waals surface area contributed by atoms with E-state index < -0.39 is 6.10 Å². The highest BCUT2D eigenvalue weighted by Gasteiger charge is 2.19. The number of unbranched alkanes of at least 4 members (excludes halogenated alkanes) is 30. The molecule has 0 aliphatic heterocycles. The van der Waals surface area contributed by atoms with Crippen LogP contribution in [0.3, 0.4) is 0 Å². The summed E-state index contributed by atoms with van der Waals surface area (Å²) in [4.78, 5) is 37.7. The van der Waals surface area contributed by atoms with Crippen molar-refractivity contribution in [2.45, 2.75) is 271 Å². The summed E-state index contributed by atoms with van der Waals surface area (Å²) in [6.07, 6.45) is 42.3. The predicted molar refractivity (Wildman–Crippen MR) is 229 cm³/mol. The minimum Gasteiger partial charge on any atom is -0.462 e. The highest BCUT2D eigenvalue weighted by atomic mass is 16.6. The second-order valence-corrected chi connectivity index (χ2v) is 16.9. The number of carbonyl (C=O) groups is 3. The van der Waals surface area contributed by atoms with Crippen LogP contribution in [0, 0.1) is 5.92 Å². The van der Waals surface area contributed by atoms with Crippen molar-refractivity contribution in [2.24, 2.45) is 5.92 Å². The summed E-state index contributed by atoms with van der Waals surface area (Å²) in [7, 11) is 0. The summed E-state index contributed by atoms with van der Waals surface area (Å²) in [5.41, 5.74) is 0. The maximum atomic E-state index is 12.7. The highest BCUT2D eigenvalue weighted by Crippen LogP contribution is 2.16. The Morgan fingerprint density at radius 2 is 0.611 bits per heavy atom. The smallest absolute Gasteiger partial charge is 0.306 e. The van der Waals surface area contributed by atoms with E-state index in [9.17, 15) is 14.4 Å². The quantitative estimate of drug-likeness (QED) is 0.0349. The van der Waals surface area contributed by atoms with Gasteiger partial charge in [-0.1, -0.05) is 227 Å². The molecule has 0 saturated heterocycles. The summed E-state index contributed by atoms with van der Waals surface area (Å²) in [6, 6.07) is 0. The van der Waals surface area contributed by atoms with Crippen LogP contribution in [-0.2, 0) is 28.6 Å². The Morgan fingerprint density at radius 3 is 0.907 bits per heavy atom. The minimum absolute atomic E-state index is 0.0639. The van der Waals surface area contributed by atoms with Crippen LogP contribution in [0.2, 0.25) is 0 Å². The van der Waals surface area contributed by atoms with Crippen molar-refractivity contribution in [3.63, 3.8) is 0 Å². The molecule has 0 rings (SSSR count). The standard InChI is InChI=1S/C48H92O6/c1-5-7-9-11-13-15-17-18-19-20-21-23-29-33-37-41-48(51)54-45(42-52-46(49)39-35-31-27-22-16-14-12-10-8-6-2)43-53-47(50)40-36-32-28-25-24-26-30-34-38-44(3)4/h44-45H,5-43H2,1-4H3/t45-/m1/s1. The van der Waals surface area contributed by atoms with Gasteiger partial charge in [0.15, 0.2) is 6.10 Å². The zero-order valence-corrected chi connectivity index (χ0v) is 36.7. The van der Waals surface area contributed by atoms with E-state index in [4.69, 9.17) is 14.2 Å². The molecular formula is C48H92O6. The first-order chi connectivity index (χ1) is 26.4. The first kappa shape index (κ1) is 52.4. The number of ether oxygens (including phenoxy) is 3. The molecule has 1 atom stereocenters. The van der Waals surface area contributed by atoms with E-state index in [1.54, 1.807) is 0 Å². The Morgan fingerprint density at radius 1 is 0.352 bits per heavy atom. The lowest BCUT2D eigenvalue weighted by atomic mass is 10.0. The van der Waals surface area contributed by atoms with Gasteiger partial charge in [0.2, 0.25) is 0 Å². The molecule has 0 aromatic rings.